The molecule has 0 saturated carbocycles. The van der Waals surface area contributed by atoms with Crippen LogP contribution in [0.2, 0.25) is 0 Å². The van der Waals surface area contributed by atoms with Crippen LogP contribution in [0.5, 0.6) is 11.5 Å². The van der Waals surface area contributed by atoms with Crippen molar-refractivity contribution in [1.29, 1.82) is 0 Å². The zero-order valence-electron chi connectivity index (χ0n) is 12.3. The fourth-order valence-electron chi connectivity index (χ4n) is 1.33. The summed E-state index contributed by atoms with van der Waals surface area (Å²) in [6, 6.07) is 5.76. The molecule has 0 heterocycles. The van der Waals surface area contributed by atoms with Gasteiger partial charge >= 0.3 is 61.8 Å². The SMILES string of the molecule is CC(C)NC[C@H]([O-])COc1ccc(OS(=O)(=O)O)cc1.[K+]. The van der Waals surface area contributed by atoms with Crippen molar-refractivity contribution in [3.05, 3.63) is 24.3 Å². The van der Waals surface area contributed by atoms with Crippen molar-refractivity contribution >= 4 is 10.4 Å². The van der Waals surface area contributed by atoms with E-state index in [-0.39, 0.29) is 69.8 Å². The zero-order valence-corrected chi connectivity index (χ0v) is 16.2. The normalized spacial score (nSPS) is 12.6. The van der Waals surface area contributed by atoms with Gasteiger partial charge in [-0.05, 0) is 30.8 Å². The molecule has 0 amide bonds. The summed E-state index contributed by atoms with van der Waals surface area (Å²) in [6.07, 6.45) is -0.897. The Morgan fingerprint density at radius 3 is 2.24 bits per heavy atom. The summed E-state index contributed by atoms with van der Waals surface area (Å²) in [7, 11) is -4.53. The summed E-state index contributed by atoms with van der Waals surface area (Å²) in [4.78, 5) is 0. The third-order valence-corrected chi connectivity index (χ3v) is 2.62. The van der Waals surface area contributed by atoms with Crippen LogP contribution in [-0.2, 0) is 10.4 Å². The Morgan fingerprint density at radius 2 is 1.76 bits per heavy atom. The van der Waals surface area contributed by atoms with E-state index in [0.717, 1.165) is 0 Å². The summed E-state index contributed by atoms with van der Waals surface area (Å²) >= 11 is 0. The first-order valence-corrected chi connectivity index (χ1v) is 7.42. The van der Waals surface area contributed by atoms with E-state index >= 15 is 0 Å². The van der Waals surface area contributed by atoms with Gasteiger partial charge in [-0.2, -0.15) is 8.42 Å². The van der Waals surface area contributed by atoms with Gasteiger partial charge in [0.1, 0.15) is 11.5 Å². The number of nitrogens with one attached hydrogen (secondary N) is 1. The topological polar surface area (TPSA) is 108 Å². The fourth-order valence-corrected chi connectivity index (χ4v) is 1.68. The van der Waals surface area contributed by atoms with Crippen molar-refractivity contribution in [3.63, 3.8) is 0 Å². The van der Waals surface area contributed by atoms with Crippen molar-refractivity contribution in [2.45, 2.75) is 26.0 Å². The summed E-state index contributed by atoms with van der Waals surface area (Å²) in [5.41, 5.74) is 0. The molecule has 0 unspecified atom stereocenters. The zero-order chi connectivity index (χ0) is 15.2. The second-order valence-electron chi connectivity index (χ2n) is 4.48. The Morgan fingerprint density at radius 1 is 1.24 bits per heavy atom. The predicted molar refractivity (Wildman–Crippen MR) is 71.0 cm³/mol. The summed E-state index contributed by atoms with van der Waals surface area (Å²) < 4.78 is 39.0. The van der Waals surface area contributed by atoms with Crippen molar-refractivity contribution < 1.29 is 78.4 Å². The molecule has 21 heavy (non-hydrogen) atoms. The molecule has 0 saturated heterocycles. The van der Waals surface area contributed by atoms with Gasteiger partial charge in [-0.25, -0.2) is 0 Å². The molecule has 114 valence electrons. The standard InChI is InChI=1S/C12H18NO6S.K/c1-9(2)13-7-10(14)8-18-11-3-5-12(6-4-11)19-20(15,16)17;/h3-6,9-10,13H,7-8H2,1-2H3,(H,15,16,17);/q-1;+1/t10-;/m0./s1. The van der Waals surface area contributed by atoms with Crippen LogP contribution >= 0.6 is 0 Å². The van der Waals surface area contributed by atoms with Gasteiger partial charge < -0.3 is 19.3 Å². The average molecular weight is 343 g/mol. The third-order valence-electron chi connectivity index (χ3n) is 2.21. The van der Waals surface area contributed by atoms with Gasteiger partial charge in [0.15, 0.2) is 0 Å². The number of hydrogen-bond acceptors (Lipinski definition) is 6. The van der Waals surface area contributed by atoms with Crippen LogP contribution in [0.3, 0.4) is 0 Å². The van der Waals surface area contributed by atoms with Gasteiger partial charge in [-0.1, -0.05) is 20.0 Å². The number of rotatable bonds is 8. The van der Waals surface area contributed by atoms with Crippen LogP contribution < -0.4 is 70.7 Å². The molecule has 1 aromatic carbocycles. The molecule has 0 bridgehead atoms. The Bertz CT molecular complexity index is 505. The number of hydrogen-bond donors (Lipinski definition) is 2. The Kier molecular flexibility index (Phi) is 10.3. The first-order chi connectivity index (χ1) is 9.26. The molecule has 0 aliphatic carbocycles. The summed E-state index contributed by atoms with van der Waals surface area (Å²) in [6.45, 7) is 4.20. The van der Waals surface area contributed by atoms with Crippen LogP contribution in [0, 0.1) is 0 Å². The number of ether oxygens (including phenoxy) is 1. The first-order valence-electron chi connectivity index (χ1n) is 6.05. The molecule has 0 aliphatic heterocycles. The smallest absolute Gasteiger partial charge is 0.849 e. The van der Waals surface area contributed by atoms with E-state index in [9.17, 15) is 13.5 Å². The monoisotopic (exact) mass is 343 g/mol. The largest absolute Gasteiger partial charge is 1.00 e. The predicted octanol–water partition coefficient (Wildman–Crippen LogP) is -3.02. The number of benzene rings is 1. The second-order valence-corrected chi connectivity index (χ2v) is 5.50. The second kappa shape index (κ2) is 10.1. The first kappa shape index (κ1) is 21.3. The molecule has 9 heteroatoms. The van der Waals surface area contributed by atoms with E-state index in [1.165, 1.54) is 24.3 Å². The maximum absolute atomic E-state index is 11.5. The summed E-state index contributed by atoms with van der Waals surface area (Å²) in [5.74, 6) is 0.373. The molecule has 0 spiro atoms. The van der Waals surface area contributed by atoms with Crippen molar-refractivity contribution in [2.75, 3.05) is 13.2 Å². The Hall–Kier alpha value is 0.286. The van der Waals surface area contributed by atoms with Crippen LogP contribution in [-0.4, -0.2) is 38.3 Å². The third kappa shape index (κ3) is 10.6. The quantitative estimate of drug-likeness (QED) is 0.382. The van der Waals surface area contributed by atoms with Gasteiger partial charge in [0.05, 0.1) is 6.61 Å². The van der Waals surface area contributed by atoms with Gasteiger partial charge in [-0.15, -0.1) is 0 Å². The van der Waals surface area contributed by atoms with E-state index in [4.69, 9.17) is 9.29 Å². The van der Waals surface area contributed by atoms with E-state index in [2.05, 4.69) is 9.50 Å². The molecule has 1 rings (SSSR count). The fraction of sp³-hybridized carbons (Fsp3) is 0.500. The van der Waals surface area contributed by atoms with Crippen LogP contribution in [0.4, 0.5) is 0 Å². The minimum absolute atomic E-state index is 0. The van der Waals surface area contributed by atoms with E-state index in [1.54, 1.807) is 0 Å². The molecular formula is C12H18KNO6S. The van der Waals surface area contributed by atoms with E-state index < -0.39 is 16.5 Å². The van der Waals surface area contributed by atoms with Gasteiger partial charge in [-0.3, -0.25) is 4.55 Å². The van der Waals surface area contributed by atoms with E-state index in [1.807, 2.05) is 13.8 Å². The Labute approximate surface area is 167 Å². The molecule has 0 aliphatic rings. The molecule has 0 radical (unpaired) electrons. The van der Waals surface area contributed by atoms with Crippen LogP contribution in [0.1, 0.15) is 13.8 Å². The van der Waals surface area contributed by atoms with Crippen molar-refractivity contribution in [2.24, 2.45) is 0 Å². The molecule has 1 atom stereocenters. The minimum Gasteiger partial charge on any atom is -0.849 e. The summed E-state index contributed by atoms with van der Waals surface area (Å²) in [5, 5.41) is 14.5. The Balaban J connectivity index is 0.00000400. The van der Waals surface area contributed by atoms with Crippen molar-refractivity contribution in [3.8, 4) is 11.5 Å². The van der Waals surface area contributed by atoms with Gasteiger partial charge in [0, 0.05) is 6.04 Å². The minimum atomic E-state index is -4.53. The maximum Gasteiger partial charge on any atom is 1.00 e. The maximum atomic E-state index is 11.5. The van der Waals surface area contributed by atoms with Gasteiger partial charge in [0.25, 0.3) is 0 Å². The van der Waals surface area contributed by atoms with Crippen LogP contribution in [0.15, 0.2) is 24.3 Å². The van der Waals surface area contributed by atoms with Crippen molar-refractivity contribution in [1.82, 2.24) is 5.32 Å². The molecule has 0 aromatic heterocycles. The molecular weight excluding hydrogens is 325 g/mol. The van der Waals surface area contributed by atoms with Gasteiger partial charge in [0.2, 0.25) is 0 Å². The molecule has 0 fully saturated rings. The molecule has 2 N–H and O–H groups in total. The van der Waals surface area contributed by atoms with Crippen LogP contribution in [0.25, 0.3) is 0 Å². The average Bonchev–Trinajstić information content (AvgIpc) is 2.33. The van der Waals surface area contributed by atoms with E-state index in [0.29, 0.717) is 12.3 Å². The molecule has 1 aromatic rings. The molecule has 7 nitrogen and oxygen atoms in total.